The van der Waals surface area contributed by atoms with Crippen LogP contribution in [0.2, 0.25) is 0 Å². The molecule has 0 aromatic heterocycles. The number of ether oxygens (including phenoxy) is 1. The van der Waals surface area contributed by atoms with E-state index in [-0.39, 0.29) is 4.90 Å². The Balaban J connectivity index is 2.19. The molecule has 0 spiro atoms. The minimum Gasteiger partial charge on any atom is -0.490 e. The molecule has 0 aliphatic carbocycles. The number of aryl methyl sites for hydroxylation is 1. The van der Waals surface area contributed by atoms with Crippen molar-refractivity contribution in [2.75, 3.05) is 11.3 Å². The predicted octanol–water partition coefficient (Wildman–Crippen LogP) is 3.50. The van der Waals surface area contributed by atoms with E-state index in [0.29, 0.717) is 23.6 Å². The zero-order valence-electron chi connectivity index (χ0n) is 12.0. The van der Waals surface area contributed by atoms with Crippen molar-refractivity contribution < 1.29 is 17.5 Å². The number of rotatable bonds is 6. The maximum atomic E-state index is 13.1. The van der Waals surface area contributed by atoms with Gasteiger partial charge < -0.3 is 4.74 Å². The molecule has 2 rings (SSSR count). The molecule has 0 aliphatic rings. The Morgan fingerprint density at radius 1 is 1.23 bits per heavy atom. The smallest absolute Gasteiger partial charge is 0.262 e. The van der Waals surface area contributed by atoms with Gasteiger partial charge in [-0.1, -0.05) is 12.7 Å². The highest BCUT2D eigenvalue weighted by molar-refractivity contribution is 7.92. The number of nitrogens with one attached hydrogen (secondary N) is 1. The molecule has 0 unspecified atom stereocenters. The van der Waals surface area contributed by atoms with Crippen LogP contribution in [0, 0.1) is 12.7 Å². The van der Waals surface area contributed by atoms with Crippen molar-refractivity contribution in [3.63, 3.8) is 0 Å². The van der Waals surface area contributed by atoms with Crippen molar-refractivity contribution in [1.82, 2.24) is 0 Å². The largest absolute Gasteiger partial charge is 0.490 e. The maximum Gasteiger partial charge on any atom is 0.262 e. The Bertz CT molecular complexity index is 770. The van der Waals surface area contributed by atoms with Crippen LogP contribution >= 0.6 is 0 Å². The average molecular weight is 321 g/mol. The van der Waals surface area contributed by atoms with Gasteiger partial charge in [-0.3, -0.25) is 4.72 Å². The van der Waals surface area contributed by atoms with Gasteiger partial charge in [-0.15, -0.1) is 0 Å². The monoisotopic (exact) mass is 321 g/mol. The Morgan fingerprint density at radius 3 is 2.50 bits per heavy atom. The third kappa shape index (κ3) is 3.85. The first-order valence-electron chi connectivity index (χ1n) is 6.55. The highest BCUT2D eigenvalue weighted by atomic mass is 32.2. The normalized spacial score (nSPS) is 11.0. The van der Waals surface area contributed by atoms with E-state index in [9.17, 15) is 12.8 Å². The van der Waals surface area contributed by atoms with Crippen LogP contribution in [0.25, 0.3) is 0 Å². The van der Waals surface area contributed by atoms with Gasteiger partial charge in [-0.25, -0.2) is 12.8 Å². The molecule has 0 heterocycles. The molecule has 0 saturated heterocycles. The molecular formula is C16H16FNO3S. The van der Waals surface area contributed by atoms with Gasteiger partial charge >= 0.3 is 0 Å². The van der Waals surface area contributed by atoms with Crippen molar-refractivity contribution in [3.05, 3.63) is 66.5 Å². The van der Waals surface area contributed by atoms with Gasteiger partial charge in [0.05, 0.1) is 4.90 Å². The number of hydrogen-bond donors (Lipinski definition) is 1. The first-order chi connectivity index (χ1) is 10.4. The number of anilines is 1. The second-order valence-corrected chi connectivity index (χ2v) is 6.29. The summed E-state index contributed by atoms with van der Waals surface area (Å²) in [5.74, 6) is 0.140. The first kappa shape index (κ1) is 16.0. The van der Waals surface area contributed by atoms with E-state index in [0.717, 1.165) is 6.07 Å². The summed E-state index contributed by atoms with van der Waals surface area (Å²) in [4.78, 5) is 0.0425. The van der Waals surface area contributed by atoms with E-state index in [1.807, 2.05) is 0 Å². The fourth-order valence-electron chi connectivity index (χ4n) is 1.90. The van der Waals surface area contributed by atoms with Crippen LogP contribution in [0.5, 0.6) is 5.75 Å². The van der Waals surface area contributed by atoms with Gasteiger partial charge in [-0.05, 0) is 55.0 Å². The molecule has 22 heavy (non-hydrogen) atoms. The maximum absolute atomic E-state index is 13.1. The predicted molar refractivity (Wildman–Crippen MR) is 84.1 cm³/mol. The molecule has 0 bridgehead atoms. The first-order valence-corrected chi connectivity index (χ1v) is 8.03. The van der Waals surface area contributed by atoms with Gasteiger partial charge in [0.25, 0.3) is 10.0 Å². The summed E-state index contributed by atoms with van der Waals surface area (Å²) in [5, 5.41) is 0. The van der Waals surface area contributed by atoms with Crippen molar-refractivity contribution in [2.45, 2.75) is 11.8 Å². The Hall–Kier alpha value is -2.34. The molecule has 4 nitrogen and oxygen atoms in total. The third-order valence-electron chi connectivity index (χ3n) is 2.90. The minimum atomic E-state index is -3.76. The standard InChI is InChI=1S/C16H16FNO3S/c1-3-10-21-15-7-5-14(6-8-15)18-22(19,20)16-9-4-13(17)11-12(16)2/h3-9,11,18H,1,10H2,2H3. The van der Waals surface area contributed by atoms with Crippen LogP contribution in [0.15, 0.2) is 60.0 Å². The van der Waals surface area contributed by atoms with Gasteiger partial charge in [-0.2, -0.15) is 0 Å². The Morgan fingerprint density at radius 2 is 1.91 bits per heavy atom. The highest BCUT2D eigenvalue weighted by Crippen LogP contribution is 2.22. The van der Waals surface area contributed by atoms with Gasteiger partial charge in [0, 0.05) is 5.69 Å². The fourth-order valence-corrected chi connectivity index (χ4v) is 3.19. The molecule has 0 fully saturated rings. The number of benzene rings is 2. The van der Waals surface area contributed by atoms with E-state index >= 15 is 0 Å². The van der Waals surface area contributed by atoms with Crippen LogP contribution in [-0.4, -0.2) is 15.0 Å². The van der Waals surface area contributed by atoms with Crippen LogP contribution in [-0.2, 0) is 10.0 Å². The second kappa shape index (κ2) is 6.62. The lowest BCUT2D eigenvalue weighted by Crippen LogP contribution is -2.14. The molecule has 0 amide bonds. The quantitative estimate of drug-likeness (QED) is 0.829. The summed E-state index contributed by atoms with van der Waals surface area (Å²) in [7, 11) is -3.76. The number of hydrogen-bond acceptors (Lipinski definition) is 3. The van der Waals surface area contributed by atoms with Crippen molar-refractivity contribution in [1.29, 1.82) is 0 Å². The summed E-state index contributed by atoms with van der Waals surface area (Å²) < 4.78 is 45.5. The zero-order valence-corrected chi connectivity index (χ0v) is 12.9. The Kier molecular flexibility index (Phi) is 4.82. The van der Waals surface area contributed by atoms with Crippen LogP contribution < -0.4 is 9.46 Å². The lowest BCUT2D eigenvalue weighted by atomic mass is 10.2. The van der Waals surface area contributed by atoms with E-state index in [1.54, 1.807) is 37.3 Å². The van der Waals surface area contributed by atoms with Crippen molar-refractivity contribution in [2.24, 2.45) is 0 Å². The molecule has 0 atom stereocenters. The SMILES string of the molecule is C=CCOc1ccc(NS(=O)(=O)c2ccc(F)cc2C)cc1. The zero-order chi connectivity index (χ0) is 16.2. The van der Waals surface area contributed by atoms with Crippen molar-refractivity contribution in [3.8, 4) is 5.75 Å². The van der Waals surface area contributed by atoms with Gasteiger partial charge in [0.2, 0.25) is 0 Å². The number of sulfonamides is 1. The average Bonchev–Trinajstić information content (AvgIpc) is 2.45. The van der Waals surface area contributed by atoms with Crippen LogP contribution in [0.4, 0.5) is 10.1 Å². The molecule has 0 radical (unpaired) electrons. The Labute approximate surface area is 129 Å². The lowest BCUT2D eigenvalue weighted by molar-refractivity contribution is 0.363. The van der Waals surface area contributed by atoms with Gasteiger partial charge in [0.15, 0.2) is 0 Å². The van der Waals surface area contributed by atoms with E-state index in [2.05, 4.69) is 11.3 Å². The fraction of sp³-hybridized carbons (Fsp3) is 0.125. The highest BCUT2D eigenvalue weighted by Gasteiger charge is 2.17. The van der Waals surface area contributed by atoms with Crippen LogP contribution in [0.3, 0.4) is 0 Å². The molecule has 116 valence electrons. The lowest BCUT2D eigenvalue weighted by Gasteiger charge is -2.11. The van der Waals surface area contributed by atoms with E-state index in [1.165, 1.54) is 12.1 Å². The summed E-state index contributed by atoms with van der Waals surface area (Å²) in [5.41, 5.74) is 0.744. The van der Waals surface area contributed by atoms with E-state index < -0.39 is 15.8 Å². The van der Waals surface area contributed by atoms with Crippen molar-refractivity contribution >= 4 is 15.7 Å². The van der Waals surface area contributed by atoms with Gasteiger partial charge in [0.1, 0.15) is 18.2 Å². The summed E-state index contributed by atoms with van der Waals surface area (Å²) in [6.45, 7) is 5.47. The minimum absolute atomic E-state index is 0.0425. The second-order valence-electron chi connectivity index (χ2n) is 4.64. The van der Waals surface area contributed by atoms with Crippen LogP contribution in [0.1, 0.15) is 5.56 Å². The summed E-state index contributed by atoms with van der Waals surface area (Å²) in [6.07, 6.45) is 1.62. The molecular weight excluding hydrogens is 305 g/mol. The summed E-state index contributed by atoms with van der Waals surface area (Å²) in [6, 6.07) is 10.0. The third-order valence-corrected chi connectivity index (χ3v) is 4.44. The molecule has 1 N–H and O–H groups in total. The van der Waals surface area contributed by atoms with E-state index in [4.69, 9.17) is 4.74 Å². The molecule has 0 aliphatic heterocycles. The topological polar surface area (TPSA) is 55.4 Å². The molecule has 2 aromatic carbocycles. The molecule has 2 aromatic rings. The molecule has 6 heteroatoms. The molecule has 0 saturated carbocycles. The number of halogens is 1. The summed E-state index contributed by atoms with van der Waals surface area (Å²) >= 11 is 0.